The number of rotatable bonds is 1. The second-order valence-corrected chi connectivity index (χ2v) is 3.60. The SMILES string of the molecule is OC[C@]12C[C@@H](O)[C@@H]3O[C@@H]3[C@H]1O2. The molecular formula is C7H10O4. The van der Waals surface area contributed by atoms with E-state index in [4.69, 9.17) is 14.6 Å². The average molecular weight is 158 g/mol. The maximum absolute atomic E-state index is 9.40. The highest BCUT2D eigenvalue weighted by Gasteiger charge is 2.73. The molecule has 0 aromatic heterocycles. The summed E-state index contributed by atoms with van der Waals surface area (Å²) in [5.41, 5.74) is -0.447. The Morgan fingerprint density at radius 2 is 2.27 bits per heavy atom. The third-order valence-corrected chi connectivity index (χ3v) is 2.88. The van der Waals surface area contributed by atoms with E-state index >= 15 is 0 Å². The van der Waals surface area contributed by atoms with Gasteiger partial charge in [-0.1, -0.05) is 0 Å². The Hall–Kier alpha value is -0.160. The highest BCUT2D eigenvalue weighted by atomic mass is 16.7. The molecule has 2 N–H and O–H groups in total. The molecule has 3 aliphatic rings. The Kier molecular flexibility index (Phi) is 0.933. The molecule has 0 amide bonds. The van der Waals surface area contributed by atoms with E-state index in [1.165, 1.54) is 0 Å². The predicted molar refractivity (Wildman–Crippen MR) is 34.0 cm³/mol. The zero-order valence-corrected chi connectivity index (χ0v) is 5.93. The Morgan fingerprint density at radius 3 is 3.00 bits per heavy atom. The van der Waals surface area contributed by atoms with Crippen molar-refractivity contribution >= 4 is 0 Å². The average Bonchev–Trinajstić information content (AvgIpc) is 2.80. The molecule has 2 saturated heterocycles. The molecule has 0 aromatic carbocycles. The van der Waals surface area contributed by atoms with Crippen LogP contribution in [0.4, 0.5) is 0 Å². The van der Waals surface area contributed by atoms with Gasteiger partial charge in [0.25, 0.3) is 0 Å². The van der Waals surface area contributed by atoms with E-state index in [0.29, 0.717) is 6.42 Å². The molecule has 5 atom stereocenters. The van der Waals surface area contributed by atoms with Crippen molar-refractivity contribution < 1.29 is 19.7 Å². The molecule has 11 heavy (non-hydrogen) atoms. The van der Waals surface area contributed by atoms with Crippen LogP contribution in [0.2, 0.25) is 0 Å². The van der Waals surface area contributed by atoms with Crippen LogP contribution in [0.15, 0.2) is 0 Å². The van der Waals surface area contributed by atoms with E-state index in [-0.39, 0.29) is 24.9 Å². The molecule has 1 aliphatic carbocycles. The maximum atomic E-state index is 9.40. The zero-order chi connectivity index (χ0) is 7.64. The van der Waals surface area contributed by atoms with Crippen molar-refractivity contribution in [3.8, 4) is 0 Å². The Bertz CT molecular complexity index is 205. The van der Waals surface area contributed by atoms with Crippen LogP contribution in [-0.2, 0) is 9.47 Å². The first-order valence-electron chi connectivity index (χ1n) is 3.89. The Labute approximate surface area is 63.7 Å². The largest absolute Gasteiger partial charge is 0.393 e. The fraction of sp³-hybridized carbons (Fsp3) is 1.00. The normalized spacial score (nSPS) is 64.9. The van der Waals surface area contributed by atoms with E-state index in [1.807, 2.05) is 0 Å². The van der Waals surface area contributed by atoms with Crippen molar-refractivity contribution in [2.45, 2.75) is 36.4 Å². The van der Waals surface area contributed by atoms with Crippen LogP contribution in [0, 0.1) is 0 Å². The summed E-state index contributed by atoms with van der Waals surface area (Å²) in [7, 11) is 0. The van der Waals surface area contributed by atoms with E-state index in [2.05, 4.69) is 0 Å². The Morgan fingerprint density at radius 1 is 1.45 bits per heavy atom. The van der Waals surface area contributed by atoms with Gasteiger partial charge in [-0.15, -0.1) is 0 Å². The highest BCUT2D eigenvalue weighted by molar-refractivity contribution is 5.20. The van der Waals surface area contributed by atoms with Gasteiger partial charge in [0, 0.05) is 6.42 Å². The highest BCUT2D eigenvalue weighted by Crippen LogP contribution is 2.55. The lowest BCUT2D eigenvalue weighted by molar-refractivity contribution is 0.0718. The molecule has 4 nitrogen and oxygen atoms in total. The molecule has 62 valence electrons. The van der Waals surface area contributed by atoms with Crippen molar-refractivity contribution in [3.05, 3.63) is 0 Å². The fourth-order valence-electron chi connectivity index (χ4n) is 2.10. The second kappa shape index (κ2) is 1.61. The van der Waals surface area contributed by atoms with Gasteiger partial charge in [0.1, 0.15) is 23.9 Å². The van der Waals surface area contributed by atoms with Gasteiger partial charge in [-0.2, -0.15) is 0 Å². The van der Waals surface area contributed by atoms with Crippen LogP contribution in [0.3, 0.4) is 0 Å². The number of hydrogen-bond acceptors (Lipinski definition) is 4. The molecule has 3 rings (SSSR count). The van der Waals surface area contributed by atoms with Gasteiger partial charge in [-0.3, -0.25) is 0 Å². The van der Waals surface area contributed by atoms with Crippen molar-refractivity contribution in [2.24, 2.45) is 0 Å². The summed E-state index contributed by atoms with van der Waals surface area (Å²) in [5, 5.41) is 18.4. The van der Waals surface area contributed by atoms with Gasteiger partial charge in [-0.25, -0.2) is 0 Å². The minimum Gasteiger partial charge on any atom is -0.393 e. The molecule has 3 fully saturated rings. The minimum atomic E-state index is -0.447. The second-order valence-electron chi connectivity index (χ2n) is 3.60. The number of epoxide rings is 2. The van der Waals surface area contributed by atoms with E-state index in [1.54, 1.807) is 0 Å². The lowest BCUT2D eigenvalue weighted by Crippen LogP contribution is -2.37. The van der Waals surface area contributed by atoms with E-state index in [9.17, 15) is 5.11 Å². The van der Waals surface area contributed by atoms with Gasteiger partial charge in [0.2, 0.25) is 0 Å². The fourth-order valence-corrected chi connectivity index (χ4v) is 2.10. The maximum Gasteiger partial charge on any atom is 0.123 e. The quantitative estimate of drug-likeness (QED) is 0.463. The molecule has 0 bridgehead atoms. The number of hydrogen-bond donors (Lipinski definition) is 2. The topological polar surface area (TPSA) is 65.5 Å². The first kappa shape index (κ1) is 6.37. The van der Waals surface area contributed by atoms with Gasteiger partial charge in [-0.05, 0) is 0 Å². The van der Waals surface area contributed by atoms with Crippen LogP contribution in [0.5, 0.6) is 0 Å². The van der Waals surface area contributed by atoms with E-state index < -0.39 is 11.7 Å². The summed E-state index contributed by atoms with van der Waals surface area (Å²) in [5.74, 6) is 0. The summed E-state index contributed by atoms with van der Waals surface area (Å²) in [6.07, 6.45) is 0.190. The van der Waals surface area contributed by atoms with Crippen LogP contribution in [0.25, 0.3) is 0 Å². The summed E-state index contributed by atoms with van der Waals surface area (Å²) >= 11 is 0. The van der Waals surface area contributed by atoms with Crippen molar-refractivity contribution in [1.29, 1.82) is 0 Å². The molecule has 0 unspecified atom stereocenters. The zero-order valence-electron chi connectivity index (χ0n) is 5.93. The van der Waals surface area contributed by atoms with Crippen LogP contribution in [0.1, 0.15) is 6.42 Å². The van der Waals surface area contributed by atoms with Crippen LogP contribution >= 0.6 is 0 Å². The first-order chi connectivity index (χ1) is 5.27. The summed E-state index contributed by atoms with van der Waals surface area (Å²) in [4.78, 5) is 0. The monoisotopic (exact) mass is 158 g/mol. The third-order valence-electron chi connectivity index (χ3n) is 2.88. The number of fused-ring (bicyclic) bond motifs is 3. The van der Waals surface area contributed by atoms with Crippen LogP contribution < -0.4 is 0 Å². The summed E-state index contributed by atoms with van der Waals surface area (Å²) in [6, 6.07) is 0. The first-order valence-corrected chi connectivity index (χ1v) is 3.89. The van der Waals surface area contributed by atoms with E-state index in [0.717, 1.165) is 0 Å². The lowest BCUT2D eigenvalue weighted by Gasteiger charge is -2.16. The molecule has 0 spiro atoms. The summed E-state index contributed by atoms with van der Waals surface area (Å²) < 4.78 is 10.5. The Balaban J connectivity index is 1.85. The van der Waals surface area contributed by atoms with Gasteiger partial charge >= 0.3 is 0 Å². The van der Waals surface area contributed by atoms with Crippen molar-refractivity contribution in [2.75, 3.05) is 6.61 Å². The molecule has 1 saturated carbocycles. The van der Waals surface area contributed by atoms with Gasteiger partial charge in [0.15, 0.2) is 0 Å². The molecular weight excluding hydrogens is 148 g/mol. The molecule has 2 aliphatic heterocycles. The van der Waals surface area contributed by atoms with Gasteiger partial charge < -0.3 is 19.7 Å². The van der Waals surface area contributed by atoms with Crippen molar-refractivity contribution in [3.63, 3.8) is 0 Å². The molecule has 0 radical (unpaired) electrons. The lowest BCUT2D eigenvalue weighted by atomic mass is 9.88. The molecule has 2 heterocycles. The number of ether oxygens (including phenoxy) is 2. The van der Waals surface area contributed by atoms with Crippen LogP contribution in [-0.4, -0.2) is 46.8 Å². The predicted octanol–water partition coefficient (Wildman–Crippen LogP) is -1.35. The third kappa shape index (κ3) is 0.636. The minimum absolute atomic E-state index is 0.00130. The summed E-state index contributed by atoms with van der Waals surface area (Å²) in [6.45, 7) is 0.00130. The molecule has 0 aromatic rings. The van der Waals surface area contributed by atoms with Gasteiger partial charge in [0.05, 0.1) is 12.7 Å². The number of aliphatic hydroxyl groups is 2. The van der Waals surface area contributed by atoms with Crippen molar-refractivity contribution in [1.82, 2.24) is 0 Å². The molecule has 4 heteroatoms. The number of aliphatic hydroxyl groups excluding tert-OH is 2. The smallest absolute Gasteiger partial charge is 0.123 e. The standard InChI is InChI=1S/C7H10O4/c8-2-7-1-3(9)4-5(10-4)6(7)11-7/h3-6,8-9H,1-2H2/t3-,4+,5+,6-,7-/m1/s1.